The molecule has 2 saturated heterocycles. The van der Waals surface area contributed by atoms with E-state index < -0.39 is 9.85 Å². The monoisotopic (exact) mass is 544 g/mol. The van der Waals surface area contributed by atoms with Gasteiger partial charge in [-0.3, -0.25) is 29.9 Å². The van der Waals surface area contributed by atoms with Crippen molar-refractivity contribution in [2.24, 2.45) is 0 Å². The molecule has 0 spiro atoms. The SMILES string of the molecule is CCN1CCN(Cc2ccc(N)c([N+](=O)[O-])c2)CC1.CCN1CCNCC1.Nc1ccc(C=O)cc1[N+](=O)[O-]. The number of nitrogen functional groups attached to an aromatic ring is 2. The maximum absolute atomic E-state index is 10.9. The fourth-order valence-corrected chi connectivity index (χ4v) is 4.19. The van der Waals surface area contributed by atoms with Crippen LogP contribution in [-0.4, -0.2) is 96.3 Å². The number of carbonyl (C=O) groups excluding carboxylic acids is 1. The lowest BCUT2D eigenvalue weighted by molar-refractivity contribution is -0.384. The first kappa shape index (κ1) is 31.6. The van der Waals surface area contributed by atoms with Crippen molar-refractivity contribution in [3.63, 3.8) is 0 Å². The van der Waals surface area contributed by atoms with Crippen molar-refractivity contribution < 1.29 is 14.6 Å². The number of nitrogens with one attached hydrogen (secondary N) is 1. The van der Waals surface area contributed by atoms with Gasteiger partial charge in [0, 0.05) is 76.6 Å². The zero-order chi connectivity index (χ0) is 28.8. The van der Waals surface area contributed by atoms with E-state index in [0.29, 0.717) is 6.29 Å². The fraction of sp³-hybridized carbons (Fsp3) is 0.500. The minimum atomic E-state index is -0.623. The number of hydrogen-bond donors (Lipinski definition) is 3. The summed E-state index contributed by atoms with van der Waals surface area (Å²) >= 11 is 0. The Labute approximate surface area is 229 Å². The predicted octanol–water partition coefficient (Wildman–Crippen LogP) is 2.22. The molecule has 2 fully saturated rings. The molecule has 0 aliphatic carbocycles. The van der Waals surface area contributed by atoms with Crippen LogP contribution < -0.4 is 16.8 Å². The highest BCUT2D eigenvalue weighted by Gasteiger charge is 2.18. The van der Waals surface area contributed by atoms with Gasteiger partial charge in [-0.1, -0.05) is 19.9 Å². The molecule has 0 amide bonds. The average molecular weight is 545 g/mol. The number of rotatable bonds is 7. The number of anilines is 2. The number of aldehydes is 1. The lowest BCUT2D eigenvalue weighted by Crippen LogP contribution is -2.45. The van der Waals surface area contributed by atoms with Crippen molar-refractivity contribution in [3.8, 4) is 0 Å². The number of nitro groups is 2. The Hall–Kier alpha value is -3.65. The van der Waals surface area contributed by atoms with Crippen molar-refractivity contribution in [1.82, 2.24) is 20.0 Å². The van der Waals surface area contributed by atoms with Crippen LogP contribution in [0.25, 0.3) is 0 Å². The largest absolute Gasteiger partial charge is 0.393 e. The molecule has 0 aromatic heterocycles. The van der Waals surface area contributed by atoms with E-state index >= 15 is 0 Å². The number of piperazine rings is 2. The Bertz CT molecular complexity index is 1090. The van der Waals surface area contributed by atoms with E-state index in [1.54, 1.807) is 12.1 Å². The van der Waals surface area contributed by atoms with E-state index in [1.807, 2.05) is 6.07 Å². The highest BCUT2D eigenvalue weighted by Crippen LogP contribution is 2.23. The molecule has 214 valence electrons. The van der Waals surface area contributed by atoms with Crippen LogP contribution in [0.15, 0.2) is 36.4 Å². The van der Waals surface area contributed by atoms with E-state index in [0.717, 1.165) is 50.9 Å². The molecular formula is C26H40N8O5. The van der Waals surface area contributed by atoms with Gasteiger partial charge in [0.25, 0.3) is 11.4 Å². The third kappa shape index (κ3) is 10.6. The zero-order valence-electron chi connectivity index (χ0n) is 22.8. The van der Waals surface area contributed by atoms with Gasteiger partial charge in [0.2, 0.25) is 0 Å². The second-order valence-electron chi connectivity index (χ2n) is 9.24. The number of hydrogen-bond acceptors (Lipinski definition) is 11. The first-order chi connectivity index (χ1) is 18.7. The van der Waals surface area contributed by atoms with Crippen LogP contribution in [0.4, 0.5) is 22.7 Å². The summed E-state index contributed by atoms with van der Waals surface area (Å²) in [6.45, 7) is 16.4. The van der Waals surface area contributed by atoms with Gasteiger partial charge in [0.05, 0.1) is 9.85 Å². The highest BCUT2D eigenvalue weighted by molar-refractivity contribution is 5.78. The second-order valence-corrected chi connectivity index (χ2v) is 9.24. The van der Waals surface area contributed by atoms with Crippen LogP contribution >= 0.6 is 0 Å². The standard InChI is InChI=1S/C13H20N4O2.C7H6N2O3.C6H14N2/c1-2-15-5-7-16(8-6-15)10-11-3-4-12(14)13(9-11)17(18)19;8-6-2-1-5(4-10)3-7(6)9(11)12;1-2-8-5-3-7-4-6-8/h3-4,9H,2,5-8,10,14H2,1H3;1-4H,8H2;7H,2-6H2,1H3. The molecule has 39 heavy (non-hydrogen) atoms. The molecule has 2 aliphatic heterocycles. The van der Waals surface area contributed by atoms with Gasteiger partial charge in [-0.25, -0.2) is 0 Å². The molecule has 0 saturated carbocycles. The van der Waals surface area contributed by atoms with Gasteiger partial charge in [0.15, 0.2) is 0 Å². The maximum Gasteiger partial charge on any atom is 0.292 e. The zero-order valence-corrected chi connectivity index (χ0v) is 22.8. The summed E-state index contributed by atoms with van der Waals surface area (Å²) in [6.07, 6.45) is 0.534. The lowest BCUT2D eigenvalue weighted by Gasteiger charge is -2.34. The van der Waals surface area contributed by atoms with E-state index in [4.69, 9.17) is 11.5 Å². The number of nitrogens with zero attached hydrogens (tertiary/aromatic N) is 5. The van der Waals surface area contributed by atoms with E-state index in [2.05, 4.69) is 33.9 Å². The number of benzene rings is 2. The molecule has 2 aliphatic rings. The third-order valence-electron chi connectivity index (χ3n) is 6.65. The Morgan fingerprint density at radius 1 is 0.795 bits per heavy atom. The van der Waals surface area contributed by atoms with Gasteiger partial charge in [-0.05, 0) is 36.9 Å². The minimum Gasteiger partial charge on any atom is -0.393 e. The molecule has 13 heteroatoms. The number of nitro benzene ring substituents is 2. The van der Waals surface area contributed by atoms with E-state index in [-0.39, 0.29) is 28.3 Å². The quantitative estimate of drug-likeness (QED) is 0.201. The molecule has 0 bridgehead atoms. The molecule has 0 radical (unpaired) electrons. The molecule has 4 rings (SSSR count). The molecule has 2 aromatic carbocycles. The van der Waals surface area contributed by atoms with Crippen LogP contribution in [-0.2, 0) is 6.54 Å². The molecule has 5 N–H and O–H groups in total. The molecule has 2 heterocycles. The summed E-state index contributed by atoms with van der Waals surface area (Å²) in [5.41, 5.74) is 12.1. The van der Waals surface area contributed by atoms with Gasteiger partial charge in [-0.15, -0.1) is 0 Å². The summed E-state index contributed by atoms with van der Waals surface area (Å²) < 4.78 is 0. The second kappa shape index (κ2) is 16.3. The van der Waals surface area contributed by atoms with E-state index in [9.17, 15) is 25.0 Å². The van der Waals surface area contributed by atoms with Gasteiger partial charge in [-0.2, -0.15) is 0 Å². The van der Waals surface area contributed by atoms with Crippen molar-refractivity contribution >= 4 is 29.0 Å². The number of likely N-dealkylation sites (N-methyl/N-ethyl adjacent to an activating group) is 2. The van der Waals surface area contributed by atoms with E-state index in [1.165, 1.54) is 44.9 Å². The van der Waals surface area contributed by atoms with Crippen molar-refractivity contribution in [1.29, 1.82) is 0 Å². The molecule has 13 nitrogen and oxygen atoms in total. The number of nitrogens with two attached hydrogens (primary N) is 2. The summed E-state index contributed by atoms with van der Waals surface area (Å²) in [4.78, 5) is 37.5. The summed E-state index contributed by atoms with van der Waals surface area (Å²) in [5.74, 6) is 0. The lowest BCUT2D eigenvalue weighted by atomic mass is 10.1. The van der Waals surface area contributed by atoms with Gasteiger partial charge >= 0.3 is 0 Å². The normalized spacial score (nSPS) is 16.3. The molecule has 0 atom stereocenters. The summed E-state index contributed by atoms with van der Waals surface area (Å²) in [5, 5.41) is 24.5. The van der Waals surface area contributed by atoms with Crippen LogP contribution in [0, 0.1) is 20.2 Å². The van der Waals surface area contributed by atoms with Crippen LogP contribution in [0.2, 0.25) is 0 Å². The fourth-order valence-electron chi connectivity index (χ4n) is 4.19. The van der Waals surface area contributed by atoms with Crippen LogP contribution in [0.5, 0.6) is 0 Å². The first-order valence-corrected chi connectivity index (χ1v) is 13.1. The van der Waals surface area contributed by atoms with Crippen molar-refractivity contribution in [2.45, 2.75) is 20.4 Å². The maximum atomic E-state index is 10.9. The Balaban J connectivity index is 0.000000227. The topological polar surface area (TPSA) is 177 Å². The average Bonchev–Trinajstić information content (AvgIpc) is 2.95. The third-order valence-corrected chi connectivity index (χ3v) is 6.65. The molecule has 0 unspecified atom stereocenters. The molecular weight excluding hydrogens is 504 g/mol. The van der Waals surface area contributed by atoms with Gasteiger partial charge in [0.1, 0.15) is 17.7 Å². The van der Waals surface area contributed by atoms with Crippen LogP contribution in [0.3, 0.4) is 0 Å². The van der Waals surface area contributed by atoms with Crippen LogP contribution in [0.1, 0.15) is 29.8 Å². The molecule has 2 aromatic rings. The Kier molecular flexibility index (Phi) is 13.2. The summed E-state index contributed by atoms with van der Waals surface area (Å²) in [6, 6.07) is 8.98. The highest BCUT2D eigenvalue weighted by atomic mass is 16.6. The Morgan fingerprint density at radius 2 is 1.28 bits per heavy atom. The number of carbonyl (C=O) groups is 1. The smallest absolute Gasteiger partial charge is 0.292 e. The first-order valence-electron chi connectivity index (χ1n) is 13.1. The van der Waals surface area contributed by atoms with Crippen molar-refractivity contribution in [2.75, 3.05) is 76.9 Å². The summed E-state index contributed by atoms with van der Waals surface area (Å²) in [7, 11) is 0. The Morgan fingerprint density at radius 3 is 1.77 bits per heavy atom. The minimum absolute atomic E-state index is 0.00435. The van der Waals surface area contributed by atoms with Gasteiger partial charge < -0.3 is 26.6 Å². The predicted molar refractivity (Wildman–Crippen MR) is 153 cm³/mol. The van der Waals surface area contributed by atoms with Crippen molar-refractivity contribution in [3.05, 3.63) is 67.8 Å².